The molecule has 4 heteroatoms. The Balaban J connectivity index is 2.12. The van der Waals surface area contributed by atoms with Crippen molar-refractivity contribution in [2.75, 3.05) is 6.61 Å². The molecule has 0 aliphatic rings. The molecule has 3 nitrogen and oxygen atoms in total. The molecule has 2 rings (SSSR count). The van der Waals surface area contributed by atoms with Gasteiger partial charge in [-0.05, 0) is 39.0 Å². The molecule has 0 spiro atoms. The summed E-state index contributed by atoms with van der Waals surface area (Å²) in [5.74, 6) is 0.504. The molecule has 0 aliphatic carbocycles. The molecule has 0 unspecified atom stereocenters. The lowest BCUT2D eigenvalue weighted by Crippen LogP contribution is -2.13. The number of para-hydroxylation sites is 1. The molecular formula is C16H18ClNO2. The summed E-state index contributed by atoms with van der Waals surface area (Å²) < 4.78 is 7.61. The number of rotatable bonds is 5. The van der Waals surface area contributed by atoms with Crippen molar-refractivity contribution in [3.8, 4) is 5.75 Å². The van der Waals surface area contributed by atoms with Crippen molar-refractivity contribution in [2.45, 2.75) is 27.3 Å². The van der Waals surface area contributed by atoms with Gasteiger partial charge in [0.15, 0.2) is 6.61 Å². The summed E-state index contributed by atoms with van der Waals surface area (Å²) in [4.78, 5) is 12.3. The molecule has 0 aliphatic heterocycles. The molecule has 0 atom stereocenters. The number of ketones is 1. The first kappa shape index (κ1) is 14.7. The van der Waals surface area contributed by atoms with Crippen LogP contribution >= 0.6 is 11.6 Å². The highest BCUT2D eigenvalue weighted by atomic mass is 35.5. The molecule has 1 aromatic heterocycles. The maximum atomic E-state index is 12.3. The van der Waals surface area contributed by atoms with Gasteiger partial charge in [0, 0.05) is 23.5 Å². The van der Waals surface area contributed by atoms with E-state index in [1.54, 1.807) is 12.1 Å². The Hall–Kier alpha value is -1.74. The third-order valence-corrected chi connectivity index (χ3v) is 3.70. The number of halogens is 1. The Morgan fingerprint density at radius 1 is 1.30 bits per heavy atom. The van der Waals surface area contributed by atoms with Gasteiger partial charge < -0.3 is 9.30 Å². The number of ether oxygens (including phenoxy) is 1. The SMILES string of the molecule is CCn1c(C)cc(C(=O)COc2ccccc2Cl)c1C. The molecule has 2 aromatic rings. The van der Waals surface area contributed by atoms with E-state index in [0.29, 0.717) is 10.8 Å². The molecular weight excluding hydrogens is 274 g/mol. The minimum Gasteiger partial charge on any atom is -0.484 e. The van der Waals surface area contributed by atoms with Crippen molar-refractivity contribution in [3.05, 3.63) is 52.3 Å². The predicted octanol–water partition coefficient (Wildman–Crippen LogP) is 4.04. The van der Waals surface area contributed by atoms with Crippen LogP contribution in [0.2, 0.25) is 5.02 Å². The smallest absolute Gasteiger partial charge is 0.202 e. The van der Waals surface area contributed by atoms with Crippen LogP contribution in [0.15, 0.2) is 30.3 Å². The molecule has 0 radical (unpaired) electrons. The van der Waals surface area contributed by atoms with Crippen LogP contribution in [0.1, 0.15) is 28.7 Å². The van der Waals surface area contributed by atoms with E-state index in [2.05, 4.69) is 11.5 Å². The fourth-order valence-electron chi connectivity index (χ4n) is 2.35. The topological polar surface area (TPSA) is 31.2 Å². The minimum absolute atomic E-state index is 0.00224. The van der Waals surface area contributed by atoms with Crippen LogP contribution in [0.3, 0.4) is 0 Å². The van der Waals surface area contributed by atoms with Crippen LogP contribution in [0.4, 0.5) is 0 Å². The van der Waals surface area contributed by atoms with Crippen LogP contribution in [-0.4, -0.2) is 17.0 Å². The zero-order valence-electron chi connectivity index (χ0n) is 11.9. The number of Topliss-reactive ketones (excluding diaryl/α,β-unsaturated/α-hetero) is 1. The lowest BCUT2D eigenvalue weighted by Gasteiger charge is -2.08. The zero-order chi connectivity index (χ0) is 14.7. The number of aryl methyl sites for hydroxylation is 1. The summed E-state index contributed by atoms with van der Waals surface area (Å²) in [5, 5.41) is 0.513. The van der Waals surface area contributed by atoms with E-state index in [-0.39, 0.29) is 12.4 Å². The standard InChI is InChI=1S/C16H18ClNO2/c1-4-18-11(2)9-13(12(18)3)15(19)10-20-16-8-6-5-7-14(16)17/h5-9H,4,10H2,1-3H3. The maximum absolute atomic E-state index is 12.3. The number of hydrogen-bond donors (Lipinski definition) is 0. The molecule has 0 saturated carbocycles. The van der Waals surface area contributed by atoms with Crippen molar-refractivity contribution >= 4 is 17.4 Å². The summed E-state index contributed by atoms with van der Waals surface area (Å²) in [6.07, 6.45) is 0. The zero-order valence-corrected chi connectivity index (χ0v) is 12.7. The van der Waals surface area contributed by atoms with E-state index in [9.17, 15) is 4.79 Å². The van der Waals surface area contributed by atoms with Gasteiger partial charge in [-0.15, -0.1) is 0 Å². The molecule has 0 fully saturated rings. The Morgan fingerprint density at radius 3 is 2.60 bits per heavy atom. The average Bonchev–Trinajstić information content (AvgIpc) is 2.72. The quantitative estimate of drug-likeness (QED) is 0.779. The molecule has 0 bridgehead atoms. The highest BCUT2D eigenvalue weighted by Gasteiger charge is 2.15. The van der Waals surface area contributed by atoms with E-state index in [1.165, 1.54) is 0 Å². The monoisotopic (exact) mass is 291 g/mol. The highest BCUT2D eigenvalue weighted by molar-refractivity contribution is 6.32. The Bertz CT molecular complexity index is 631. The summed E-state index contributed by atoms with van der Waals surface area (Å²) in [7, 11) is 0. The maximum Gasteiger partial charge on any atom is 0.202 e. The predicted molar refractivity (Wildman–Crippen MR) is 80.9 cm³/mol. The minimum atomic E-state index is -0.0299. The largest absolute Gasteiger partial charge is 0.484 e. The third-order valence-electron chi connectivity index (χ3n) is 3.39. The number of benzene rings is 1. The average molecular weight is 292 g/mol. The first-order valence-electron chi connectivity index (χ1n) is 6.61. The number of aromatic nitrogens is 1. The summed E-state index contributed by atoms with van der Waals surface area (Å²) in [6, 6.07) is 9.06. The van der Waals surface area contributed by atoms with E-state index in [1.807, 2.05) is 32.0 Å². The Labute approximate surface area is 124 Å². The number of carbonyl (C=O) groups is 1. The van der Waals surface area contributed by atoms with Crippen LogP contribution in [0.5, 0.6) is 5.75 Å². The fourth-order valence-corrected chi connectivity index (χ4v) is 2.54. The molecule has 1 aromatic carbocycles. The summed E-state index contributed by atoms with van der Waals surface area (Å²) in [6.45, 7) is 6.88. The van der Waals surface area contributed by atoms with E-state index >= 15 is 0 Å². The second-order valence-electron chi connectivity index (χ2n) is 4.67. The van der Waals surface area contributed by atoms with Crippen LogP contribution in [0.25, 0.3) is 0 Å². The lowest BCUT2D eigenvalue weighted by molar-refractivity contribution is 0.0921. The van der Waals surface area contributed by atoms with Crippen LogP contribution < -0.4 is 4.74 Å². The lowest BCUT2D eigenvalue weighted by atomic mass is 10.1. The third kappa shape index (κ3) is 2.88. The van der Waals surface area contributed by atoms with Crippen LogP contribution in [-0.2, 0) is 6.54 Å². The van der Waals surface area contributed by atoms with Gasteiger partial charge in [-0.3, -0.25) is 4.79 Å². The van der Waals surface area contributed by atoms with Crippen LogP contribution in [0, 0.1) is 13.8 Å². The fraction of sp³-hybridized carbons (Fsp3) is 0.312. The van der Waals surface area contributed by atoms with Gasteiger partial charge in [-0.25, -0.2) is 0 Å². The van der Waals surface area contributed by atoms with Gasteiger partial charge in [-0.1, -0.05) is 23.7 Å². The summed E-state index contributed by atoms with van der Waals surface area (Å²) >= 11 is 6.00. The molecule has 0 amide bonds. The molecule has 20 heavy (non-hydrogen) atoms. The van der Waals surface area contributed by atoms with E-state index < -0.39 is 0 Å². The second-order valence-corrected chi connectivity index (χ2v) is 5.08. The molecule has 1 heterocycles. The van der Waals surface area contributed by atoms with Gasteiger partial charge in [0.05, 0.1) is 5.02 Å². The van der Waals surface area contributed by atoms with Crippen molar-refractivity contribution < 1.29 is 9.53 Å². The number of carbonyl (C=O) groups excluding carboxylic acids is 1. The van der Waals surface area contributed by atoms with Crippen molar-refractivity contribution in [1.82, 2.24) is 4.57 Å². The normalized spacial score (nSPS) is 10.6. The number of nitrogens with zero attached hydrogens (tertiary/aromatic N) is 1. The van der Waals surface area contributed by atoms with Gasteiger partial charge in [0.25, 0.3) is 0 Å². The van der Waals surface area contributed by atoms with Gasteiger partial charge in [0.2, 0.25) is 5.78 Å². The molecule has 0 saturated heterocycles. The van der Waals surface area contributed by atoms with E-state index in [4.69, 9.17) is 16.3 Å². The van der Waals surface area contributed by atoms with Crippen molar-refractivity contribution in [1.29, 1.82) is 0 Å². The number of hydrogen-bond acceptors (Lipinski definition) is 2. The second kappa shape index (κ2) is 6.14. The highest BCUT2D eigenvalue weighted by Crippen LogP contribution is 2.23. The van der Waals surface area contributed by atoms with Gasteiger partial charge in [0.1, 0.15) is 5.75 Å². The molecule has 106 valence electrons. The van der Waals surface area contributed by atoms with E-state index in [0.717, 1.165) is 23.5 Å². The Kier molecular flexibility index (Phi) is 4.50. The van der Waals surface area contributed by atoms with Gasteiger partial charge in [-0.2, -0.15) is 0 Å². The van der Waals surface area contributed by atoms with Crippen molar-refractivity contribution in [3.63, 3.8) is 0 Å². The Morgan fingerprint density at radius 2 is 2.00 bits per heavy atom. The molecule has 0 N–H and O–H groups in total. The first-order valence-corrected chi connectivity index (χ1v) is 6.99. The summed E-state index contributed by atoms with van der Waals surface area (Å²) in [5.41, 5.74) is 2.79. The first-order chi connectivity index (χ1) is 9.54. The van der Waals surface area contributed by atoms with Gasteiger partial charge >= 0.3 is 0 Å². The van der Waals surface area contributed by atoms with Crippen molar-refractivity contribution in [2.24, 2.45) is 0 Å².